The molecule has 2 nitrogen and oxygen atoms in total. The third-order valence-electron chi connectivity index (χ3n) is 1.89. The molecule has 0 heterocycles. The van der Waals surface area contributed by atoms with Crippen LogP contribution in [0.5, 0.6) is 0 Å². The topological polar surface area (TPSA) is 38.0 Å². The number of hydrogen-bond donors (Lipinski definition) is 2. The molecule has 14 heavy (non-hydrogen) atoms. The highest BCUT2D eigenvalue weighted by Crippen LogP contribution is 2.21. The van der Waals surface area contributed by atoms with Crippen molar-refractivity contribution in [3.63, 3.8) is 0 Å². The van der Waals surface area contributed by atoms with Crippen molar-refractivity contribution in [1.82, 2.24) is 5.32 Å². The van der Waals surface area contributed by atoms with Crippen LogP contribution in [0.25, 0.3) is 0 Å². The molecule has 0 amide bonds. The van der Waals surface area contributed by atoms with Crippen molar-refractivity contribution in [3.05, 3.63) is 32.7 Å². The summed E-state index contributed by atoms with van der Waals surface area (Å²) in [6.07, 6.45) is 1.02. The van der Waals surface area contributed by atoms with Crippen molar-refractivity contribution in [2.75, 3.05) is 13.1 Å². The number of nitrogens with two attached hydrogens (primary N) is 1. The van der Waals surface area contributed by atoms with Crippen LogP contribution in [0, 0.1) is 0 Å². The molecule has 3 N–H and O–H groups in total. The Morgan fingerprint density at radius 1 is 1.29 bits per heavy atom. The molecule has 0 aromatic heterocycles. The van der Waals surface area contributed by atoms with Crippen LogP contribution >= 0.6 is 31.9 Å². The van der Waals surface area contributed by atoms with Crippen LogP contribution < -0.4 is 11.1 Å². The molecule has 4 heteroatoms. The van der Waals surface area contributed by atoms with Crippen molar-refractivity contribution in [2.45, 2.75) is 13.0 Å². The zero-order valence-electron chi connectivity index (χ0n) is 7.89. The summed E-state index contributed by atoms with van der Waals surface area (Å²) in [6.45, 7) is 2.60. The first-order valence-corrected chi connectivity index (χ1v) is 6.17. The van der Waals surface area contributed by atoms with E-state index in [2.05, 4.69) is 49.3 Å². The quantitative estimate of drug-likeness (QED) is 0.818. The van der Waals surface area contributed by atoms with Crippen LogP contribution in [0.2, 0.25) is 0 Å². The minimum absolute atomic E-state index is 0.745. The van der Waals surface area contributed by atoms with Gasteiger partial charge in [-0.15, -0.1) is 0 Å². The molecule has 0 saturated carbocycles. The summed E-state index contributed by atoms with van der Waals surface area (Å²) in [5.41, 5.74) is 6.67. The lowest BCUT2D eigenvalue weighted by Crippen LogP contribution is -2.17. The summed E-state index contributed by atoms with van der Waals surface area (Å²) < 4.78 is 2.22. The Kier molecular flexibility index (Phi) is 5.70. The highest BCUT2D eigenvalue weighted by atomic mass is 79.9. The summed E-state index contributed by atoms with van der Waals surface area (Å²) in [5.74, 6) is 0. The van der Waals surface area contributed by atoms with Gasteiger partial charge in [-0.2, -0.15) is 0 Å². The van der Waals surface area contributed by atoms with Crippen molar-refractivity contribution in [2.24, 2.45) is 5.73 Å². The minimum Gasteiger partial charge on any atom is -0.330 e. The molecule has 0 spiro atoms. The van der Waals surface area contributed by atoms with Crippen molar-refractivity contribution in [1.29, 1.82) is 0 Å². The molecule has 78 valence electrons. The van der Waals surface area contributed by atoms with Gasteiger partial charge in [0.25, 0.3) is 0 Å². The average Bonchev–Trinajstić information content (AvgIpc) is 2.15. The van der Waals surface area contributed by atoms with Crippen molar-refractivity contribution < 1.29 is 0 Å². The average molecular weight is 322 g/mol. The molecule has 1 rings (SSSR count). The normalized spacial score (nSPS) is 10.5. The fourth-order valence-electron chi connectivity index (χ4n) is 1.12. The molecule has 0 fully saturated rings. The third-order valence-corrected chi connectivity index (χ3v) is 3.12. The molecule has 0 aliphatic heterocycles. The lowest BCUT2D eigenvalue weighted by atomic mass is 10.2. The number of halogens is 2. The Balaban J connectivity index is 2.42. The molecule has 1 aromatic rings. The molecule has 0 bridgehead atoms. The van der Waals surface area contributed by atoms with Gasteiger partial charge >= 0.3 is 0 Å². The second kappa shape index (κ2) is 6.56. The maximum atomic E-state index is 5.40. The molecule has 1 aromatic carbocycles. The lowest BCUT2D eigenvalue weighted by molar-refractivity contribution is 0.654. The first kappa shape index (κ1) is 12.2. The van der Waals surface area contributed by atoms with Gasteiger partial charge in [-0.1, -0.05) is 37.9 Å². The first-order chi connectivity index (χ1) is 6.74. The Morgan fingerprint density at radius 2 is 2.07 bits per heavy atom. The molecule has 0 aliphatic rings. The molecular formula is C10H14Br2N2. The zero-order chi connectivity index (χ0) is 10.4. The van der Waals surface area contributed by atoms with Crippen LogP contribution in [-0.2, 0) is 6.54 Å². The summed E-state index contributed by atoms with van der Waals surface area (Å²) in [4.78, 5) is 0. The van der Waals surface area contributed by atoms with Crippen LogP contribution in [-0.4, -0.2) is 13.1 Å². The van der Waals surface area contributed by atoms with Crippen molar-refractivity contribution in [3.8, 4) is 0 Å². The molecule has 0 aliphatic carbocycles. The van der Waals surface area contributed by atoms with Gasteiger partial charge < -0.3 is 11.1 Å². The third kappa shape index (κ3) is 4.09. The standard InChI is InChI=1S/C10H14Br2N2/c11-9-3-2-8(10(12)6-9)7-14-5-1-4-13/h2-3,6,14H,1,4-5,7,13H2. The summed E-state index contributed by atoms with van der Waals surface area (Å²) >= 11 is 6.94. The van der Waals surface area contributed by atoms with Crippen LogP contribution in [0.4, 0.5) is 0 Å². The highest BCUT2D eigenvalue weighted by molar-refractivity contribution is 9.11. The van der Waals surface area contributed by atoms with E-state index in [4.69, 9.17) is 5.73 Å². The smallest absolute Gasteiger partial charge is 0.0231 e. The maximum Gasteiger partial charge on any atom is 0.0231 e. The summed E-state index contributed by atoms with van der Waals surface area (Å²) in [5, 5.41) is 3.34. The number of benzene rings is 1. The summed E-state index contributed by atoms with van der Waals surface area (Å²) in [7, 11) is 0. The van der Waals surface area contributed by atoms with E-state index in [1.807, 2.05) is 6.07 Å². The fourth-order valence-corrected chi connectivity index (χ4v) is 2.30. The van der Waals surface area contributed by atoms with E-state index >= 15 is 0 Å². The SMILES string of the molecule is NCCCNCc1ccc(Br)cc1Br. The van der Waals surface area contributed by atoms with Gasteiger partial charge in [0, 0.05) is 15.5 Å². The largest absolute Gasteiger partial charge is 0.330 e. The predicted molar refractivity (Wildman–Crippen MR) is 67.2 cm³/mol. The fraction of sp³-hybridized carbons (Fsp3) is 0.400. The Labute approximate surface area is 102 Å². The van der Waals surface area contributed by atoms with Crippen LogP contribution in [0.3, 0.4) is 0 Å². The number of nitrogens with one attached hydrogen (secondary N) is 1. The van der Waals surface area contributed by atoms with E-state index < -0.39 is 0 Å². The van der Waals surface area contributed by atoms with E-state index in [9.17, 15) is 0 Å². The van der Waals surface area contributed by atoms with E-state index in [-0.39, 0.29) is 0 Å². The van der Waals surface area contributed by atoms with E-state index in [0.29, 0.717) is 0 Å². The zero-order valence-corrected chi connectivity index (χ0v) is 11.1. The highest BCUT2D eigenvalue weighted by Gasteiger charge is 1.99. The van der Waals surface area contributed by atoms with E-state index in [1.165, 1.54) is 5.56 Å². The first-order valence-electron chi connectivity index (χ1n) is 4.58. The predicted octanol–water partition coefficient (Wildman–Crippen LogP) is 2.65. The monoisotopic (exact) mass is 320 g/mol. The lowest BCUT2D eigenvalue weighted by Gasteiger charge is -2.06. The van der Waals surface area contributed by atoms with E-state index in [1.54, 1.807) is 0 Å². The maximum absolute atomic E-state index is 5.40. The minimum atomic E-state index is 0.745. The second-order valence-electron chi connectivity index (χ2n) is 3.05. The van der Waals surface area contributed by atoms with Gasteiger partial charge in [0.1, 0.15) is 0 Å². The molecular weight excluding hydrogens is 308 g/mol. The number of hydrogen-bond acceptors (Lipinski definition) is 2. The van der Waals surface area contributed by atoms with Gasteiger partial charge in [-0.25, -0.2) is 0 Å². The molecule has 0 unspecified atom stereocenters. The van der Waals surface area contributed by atoms with Crippen LogP contribution in [0.15, 0.2) is 27.1 Å². The van der Waals surface area contributed by atoms with Crippen LogP contribution in [0.1, 0.15) is 12.0 Å². The van der Waals surface area contributed by atoms with E-state index in [0.717, 1.165) is 35.0 Å². The van der Waals surface area contributed by atoms with Gasteiger partial charge in [-0.05, 0) is 37.2 Å². The van der Waals surface area contributed by atoms with Gasteiger partial charge in [-0.3, -0.25) is 0 Å². The second-order valence-corrected chi connectivity index (χ2v) is 4.82. The Bertz CT molecular complexity index is 289. The van der Waals surface area contributed by atoms with Crippen molar-refractivity contribution >= 4 is 31.9 Å². The molecule has 0 radical (unpaired) electrons. The van der Waals surface area contributed by atoms with Gasteiger partial charge in [0.2, 0.25) is 0 Å². The summed E-state index contributed by atoms with van der Waals surface area (Å²) in [6, 6.07) is 6.20. The Morgan fingerprint density at radius 3 is 2.71 bits per heavy atom. The number of rotatable bonds is 5. The Hall–Kier alpha value is 0.1000. The van der Waals surface area contributed by atoms with Gasteiger partial charge in [0.15, 0.2) is 0 Å². The van der Waals surface area contributed by atoms with Gasteiger partial charge in [0.05, 0.1) is 0 Å². The molecule has 0 saturated heterocycles. The molecule has 0 atom stereocenters.